The van der Waals surface area contributed by atoms with Crippen LogP contribution in [0.2, 0.25) is 5.02 Å². The number of hydrogen-bond acceptors (Lipinski definition) is 2. The second kappa shape index (κ2) is 5.52. The molecule has 0 atom stereocenters. The van der Waals surface area contributed by atoms with Crippen LogP contribution in [0.15, 0.2) is 24.3 Å². The maximum absolute atomic E-state index is 11.9. The summed E-state index contributed by atoms with van der Waals surface area (Å²) in [7, 11) is 0. The fourth-order valence-corrected chi connectivity index (χ4v) is 2.31. The van der Waals surface area contributed by atoms with E-state index in [-0.39, 0.29) is 18.1 Å². The first-order valence-corrected chi connectivity index (χ1v) is 6.27. The van der Waals surface area contributed by atoms with Gasteiger partial charge in [0.15, 0.2) is 0 Å². The van der Waals surface area contributed by atoms with Crippen molar-refractivity contribution in [3.8, 4) is 0 Å². The SMILES string of the molecule is O=C(NC1CCC(O)CC1)c1cccc(Cl)c1. The maximum atomic E-state index is 11.9. The van der Waals surface area contributed by atoms with Crippen LogP contribution in [0.25, 0.3) is 0 Å². The van der Waals surface area contributed by atoms with Crippen LogP contribution >= 0.6 is 11.6 Å². The number of hydrogen-bond donors (Lipinski definition) is 2. The number of benzene rings is 1. The molecule has 2 rings (SSSR count). The third-order valence-corrected chi connectivity index (χ3v) is 3.35. The molecule has 1 aliphatic carbocycles. The summed E-state index contributed by atoms with van der Waals surface area (Å²) in [5.74, 6) is -0.0890. The lowest BCUT2D eigenvalue weighted by atomic mass is 9.93. The van der Waals surface area contributed by atoms with Gasteiger partial charge in [-0.15, -0.1) is 0 Å². The van der Waals surface area contributed by atoms with E-state index in [1.807, 2.05) is 0 Å². The van der Waals surface area contributed by atoms with Crippen LogP contribution in [0.3, 0.4) is 0 Å². The minimum absolute atomic E-state index is 0.0890. The molecule has 0 radical (unpaired) electrons. The van der Waals surface area contributed by atoms with E-state index in [0.29, 0.717) is 10.6 Å². The summed E-state index contributed by atoms with van der Waals surface area (Å²) in [6.45, 7) is 0. The Bertz CT molecular complexity index is 400. The summed E-state index contributed by atoms with van der Waals surface area (Å²) in [5.41, 5.74) is 0.587. The lowest BCUT2D eigenvalue weighted by Gasteiger charge is -2.26. The second-order valence-corrected chi connectivity index (χ2v) is 4.93. The average molecular weight is 254 g/mol. The van der Waals surface area contributed by atoms with Gasteiger partial charge < -0.3 is 10.4 Å². The molecule has 4 heteroatoms. The second-order valence-electron chi connectivity index (χ2n) is 4.49. The van der Waals surface area contributed by atoms with Crippen molar-refractivity contribution in [1.29, 1.82) is 0 Å². The van der Waals surface area contributed by atoms with Crippen molar-refractivity contribution < 1.29 is 9.90 Å². The molecule has 1 saturated carbocycles. The zero-order valence-corrected chi connectivity index (χ0v) is 10.3. The molecule has 0 bridgehead atoms. The maximum Gasteiger partial charge on any atom is 0.251 e. The fourth-order valence-electron chi connectivity index (χ4n) is 2.12. The van der Waals surface area contributed by atoms with E-state index < -0.39 is 0 Å². The van der Waals surface area contributed by atoms with Crippen LogP contribution in [0, 0.1) is 0 Å². The van der Waals surface area contributed by atoms with Crippen LogP contribution in [-0.2, 0) is 0 Å². The van der Waals surface area contributed by atoms with Gasteiger partial charge in [0, 0.05) is 16.6 Å². The lowest BCUT2D eigenvalue weighted by molar-refractivity contribution is 0.0867. The van der Waals surface area contributed by atoms with Crippen LogP contribution in [0.1, 0.15) is 36.0 Å². The van der Waals surface area contributed by atoms with Crippen LogP contribution in [-0.4, -0.2) is 23.2 Å². The first-order chi connectivity index (χ1) is 8.15. The molecule has 3 nitrogen and oxygen atoms in total. The standard InChI is InChI=1S/C13H16ClNO2/c14-10-3-1-2-9(8-10)13(17)15-11-4-6-12(16)7-5-11/h1-3,8,11-12,16H,4-7H2,(H,15,17). The molecular formula is C13H16ClNO2. The monoisotopic (exact) mass is 253 g/mol. The van der Waals surface area contributed by atoms with Gasteiger partial charge in [0.1, 0.15) is 0 Å². The molecule has 1 aliphatic rings. The summed E-state index contributed by atoms with van der Waals surface area (Å²) in [4.78, 5) is 11.9. The van der Waals surface area contributed by atoms with Gasteiger partial charge in [-0.2, -0.15) is 0 Å². The van der Waals surface area contributed by atoms with Crippen molar-refractivity contribution in [3.05, 3.63) is 34.9 Å². The number of carbonyl (C=O) groups excluding carboxylic acids is 1. The summed E-state index contributed by atoms with van der Waals surface area (Å²) in [5, 5.41) is 12.9. The van der Waals surface area contributed by atoms with Crippen LogP contribution < -0.4 is 5.32 Å². The highest BCUT2D eigenvalue weighted by Crippen LogP contribution is 2.19. The zero-order valence-electron chi connectivity index (χ0n) is 9.53. The largest absolute Gasteiger partial charge is 0.393 e. The number of aliphatic hydroxyl groups excluding tert-OH is 1. The van der Waals surface area contributed by atoms with Gasteiger partial charge in [-0.25, -0.2) is 0 Å². The molecule has 1 amide bonds. The first-order valence-electron chi connectivity index (χ1n) is 5.89. The van der Waals surface area contributed by atoms with Crippen molar-refractivity contribution in [1.82, 2.24) is 5.32 Å². The smallest absolute Gasteiger partial charge is 0.251 e. The molecule has 17 heavy (non-hydrogen) atoms. The first kappa shape index (κ1) is 12.4. The topological polar surface area (TPSA) is 49.3 Å². The van der Waals surface area contributed by atoms with Crippen molar-refractivity contribution in [2.24, 2.45) is 0 Å². The van der Waals surface area contributed by atoms with Gasteiger partial charge in [0.2, 0.25) is 0 Å². The molecule has 2 N–H and O–H groups in total. The van der Waals surface area contributed by atoms with Crippen LogP contribution in [0.5, 0.6) is 0 Å². The number of nitrogens with one attached hydrogen (secondary N) is 1. The van der Waals surface area contributed by atoms with Gasteiger partial charge in [-0.3, -0.25) is 4.79 Å². The van der Waals surface area contributed by atoms with E-state index in [2.05, 4.69) is 5.32 Å². The Morgan fingerprint density at radius 2 is 2.00 bits per heavy atom. The van der Waals surface area contributed by atoms with E-state index >= 15 is 0 Å². The Morgan fingerprint density at radius 1 is 1.29 bits per heavy atom. The molecule has 1 aromatic carbocycles. The molecule has 0 spiro atoms. The number of rotatable bonds is 2. The van der Waals surface area contributed by atoms with E-state index in [0.717, 1.165) is 25.7 Å². The van der Waals surface area contributed by atoms with Gasteiger partial charge >= 0.3 is 0 Å². The molecular weight excluding hydrogens is 238 g/mol. The molecule has 0 aromatic heterocycles. The van der Waals surface area contributed by atoms with Gasteiger partial charge in [-0.05, 0) is 43.9 Å². The molecule has 1 aromatic rings. The number of halogens is 1. The average Bonchev–Trinajstić information content (AvgIpc) is 2.32. The van der Waals surface area contributed by atoms with Gasteiger partial charge in [0.25, 0.3) is 5.91 Å². The molecule has 0 unspecified atom stereocenters. The predicted octanol–water partition coefficient (Wildman–Crippen LogP) is 2.37. The number of amides is 1. The summed E-state index contributed by atoms with van der Waals surface area (Å²) >= 11 is 5.84. The Morgan fingerprint density at radius 3 is 2.65 bits per heavy atom. The fraction of sp³-hybridized carbons (Fsp3) is 0.462. The van der Waals surface area contributed by atoms with Crippen molar-refractivity contribution in [2.45, 2.75) is 37.8 Å². The number of aliphatic hydroxyl groups is 1. The zero-order chi connectivity index (χ0) is 12.3. The number of carbonyl (C=O) groups is 1. The van der Waals surface area contributed by atoms with E-state index in [9.17, 15) is 9.90 Å². The minimum atomic E-state index is -0.200. The van der Waals surface area contributed by atoms with Crippen molar-refractivity contribution in [2.75, 3.05) is 0 Å². The third kappa shape index (κ3) is 3.45. The quantitative estimate of drug-likeness (QED) is 0.850. The molecule has 1 fully saturated rings. The highest BCUT2D eigenvalue weighted by Gasteiger charge is 2.21. The molecule has 0 aliphatic heterocycles. The highest BCUT2D eigenvalue weighted by molar-refractivity contribution is 6.30. The van der Waals surface area contributed by atoms with Crippen molar-refractivity contribution in [3.63, 3.8) is 0 Å². The normalized spacial score (nSPS) is 24.4. The van der Waals surface area contributed by atoms with E-state index in [4.69, 9.17) is 11.6 Å². The molecule has 92 valence electrons. The summed E-state index contributed by atoms with van der Waals surface area (Å²) in [6.07, 6.45) is 3.01. The van der Waals surface area contributed by atoms with Gasteiger partial charge in [0.05, 0.1) is 6.10 Å². The third-order valence-electron chi connectivity index (χ3n) is 3.12. The lowest BCUT2D eigenvalue weighted by Crippen LogP contribution is -2.38. The van der Waals surface area contributed by atoms with Gasteiger partial charge in [-0.1, -0.05) is 17.7 Å². The van der Waals surface area contributed by atoms with Crippen molar-refractivity contribution >= 4 is 17.5 Å². The van der Waals surface area contributed by atoms with E-state index in [1.165, 1.54) is 0 Å². The van der Waals surface area contributed by atoms with Crippen LogP contribution in [0.4, 0.5) is 0 Å². The van der Waals surface area contributed by atoms with E-state index in [1.54, 1.807) is 24.3 Å². The Labute approximate surface area is 106 Å². The molecule has 0 heterocycles. The predicted molar refractivity (Wildman–Crippen MR) is 67.2 cm³/mol. The Hall–Kier alpha value is -1.06. The Kier molecular flexibility index (Phi) is 4.02. The summed E-state index contributed by atoms with van der Waals surface area (Å²) in [6, 6.07) is 7.09. The Balaban J connectivity index is 1.93. The minimum Gasteiger partial charge on any atom is -0.393 e. The highest BCUT2D eigenvalue weighted by atomic mass is 35.5. The summed E-state index contributed by atoms with van der Waals surface area (Å²) < 4.78 is 0. The molecule has 0 saturated heterocycles.